The quantitative estimate of drug-likeness (QED) is 0.849. The van der Waals surface area contributed by atoms with Crippen LogP contribution in [0.2, 0.25) is 0 Å². The second kappa shape index (κ2) is 6.87. The van der Waals surface area contributed by atoms with Crippen molar-refractivity contribution in [1.82, 2.24) is 9.80 Å². The lowest BCUT2D eigenvalue weighted by atomic mass is 9.97. The second-order valence-corrected chi connectivity index (χ2v) is 5.24. The molecular formula is C16H21FN2O3. The van der Waals surface area contributed by atoms with Gasteiger partial charge in [-0.25, -0.2) is 4.39 Å². The molecule has 0 saturated carbocycles. The van der Waals surface area contributed by atoms with Gasteiger partial charge in [0.1, 0.15) is 12.4 Å². The summed E-state index contributed by atoms with van der Waals surface area (Å²) in [5.74, 6) is -0.710. The van der Waals surface area contributed by atoms with E-state index in [2.05, 4.69) is 0 Å². The molecule has 2 amide bonds. The van der Waals surface area contributed by atoms with E-state index in [0.29, 0.717) is 18.7 Å². The predicted molar refractivity (Wildman–Crippen MR) is 79.6 cm³/mol. The fourth-order valence-corrected chi connectivity index (χ4v) is 2.69. The van der Waals surface area contributed by atoms with E-state index in [0.717, 1.165) is 0 Å². The van der Waals surface area contributed by atoms with Crippen LogP contribution < -0.4 is 0 Å². The SMILES string of the molecule is CCN(CC)C(=O)C1OCC(=O)N(C)C1c1ccc(F)cc1. The standard InChI is InChI=1S/C16H21FN2O3/c1-4-19(5-2)16(21)15-14(18(3)13(20)10-22-15)11-6-8-12(17)9-7-11/h6-9,14-15H,4-5,10H2,1-3H3. The number of rotatable bonds is 4. The zero-order valence-corrected chi connectivity index (χ0v) is 13.1. The Morgan fingerprint density at radius 1 is 1.32 bits per heavy atom. The van der Waals surface area contributed by atoms with E-state index >= 15 is 0 Å². The Hall–Kier alpha value is -1.95. The average molecular weight is 308 g/mol. The summed E-state index contributed by atoms with van der Waals surface area (Å²) in [7, 11) is 1.64. The molecule has 0 radical (unpaired) electrons. The highest BCUT2D eigenvalue weighted by molar-refractivity contribution is 5.86. The van der Waals surface area contributed by atoms with Crippen LogP contribution >= 0.6 is 0 Å². The minimum atomic E-state index is -0.770. The molecule has 1 aromatic carbocycles. The van der Waals surface area contributed by atoms with Gasteiger partial charge in [0.2, 0.25) is 5.91 Å². The zero-order chi connectivity index (χ0) is 16.3. The fourth-order valence-electron chi connectivity index (χ4n) is 2.69. The molecule has 6 heteroatoms. The summed E-state index contributed by atoms with van der Waals surface area (Å²) in [6, 6.07) is 5.26. The Kier molecular flexibility index (Phi) is 5.13. The lowest BCUT2D eigenvalue weighted by Crippen LogP contribution is -2.53. The number of hydrogen-bond donors (Lipinski definition) is 0. The van der Waals surface area contributed by atoms with E-state index in [9.17, 15) is 14.0 Å². The van der Waals surface area contributed by atoms with Gasteiger partial charge in [-0.1, -0.05) is 12.1 Å². The van der Waals surface area contributed by atoms with Gasteiger partial charge in [-0.15, -0.1) is 0 Å². The van der Waals surface area contributed by atoms with Crippen LogP contribution in [0.5, 0.6) is 0 Å². The Labute approximate surface area is 129 Å². The number of carbonyl (C=O) groups is 2. The van der Waals surface area contributed by atoms with Crippen LogP contribution in [0.1, 0.15) is 25.5 Å². The number of amides is 2. The van der Waals surface area contributed by atoms with E-state index in [1.54, 1.807) is 24.1 Å². The molecule has 1 heterocycles. The Morgan fingerprint density at radius 2 is 1.91 bits per heavy atom. The van der Waals surface area contributed by atoms with Gasteiger partial charge in [0.05, 0.1) is 6.04 Å². The average Bonchev–Trinajstić information content (AvgIpc) is 2.52. The molecule has 1 aliphatic heterocycles. The maximum Gasteiger partial charge on any atom is 0.254 e. The molecular weight excluding hydrogens is 287 g/mol. The fraction of sp³-hybridized carbons (Fsp3) is 0.500. The molecule has 0 spiro atoms. The van der Waals surface area contributed by atoms with Crippen LogP contribution in [0.15, 0.2) is 24.3 Å². The van der Waals surface area contributed by atoms with Gasteiger partial charge in [-0.2, -0.15) is 0 Å². The van der Waals surface area contributed by atoms with Gasteiger partial charge in [0.25, 0.3) is 5.91 Å². The van der Waals surface area contributed by atoms with Crippen molar-refractivity contribution in [3.63, 3.8) is 0 Å². The summed E-state index contributed by atoms with van der Waals surface area (Å²) in [6.45, 7) is 4.82. The molecule has 0 bridgehead atoms. The highest BCUT2D eigenvalue weighted by Crippen LogP contribution is 2.30. The van der Waals surface area contributed by atoms with Crippen molar-refractivity contribution in [2.45, 2.75) is 26.0 Å². The topological polar surface area (TPSA) is 49.9 Å². The third-order valence-electron chi connectivity index (χ3n) is 4.01. The van der Waals surface area contributed by atoms with Crippen molar-refractivity contribution in [1.29, 1.82) is 0 Å². The summed E-state index contributed by atoms with van der Waals surface area (Å²) >= 11 is 0. The van der Waals surface area contributed by atoms with E-state index in [1.807, 2.05) is 13.8 Å². The van der Waals surface area contributed by atoms with Crippen molar-refractivity contribution in [3.8, 4) is 0 Å². The summed E-state index contributed by atoms with van der Waals surface area (Å²) in [5.41, 5.74) is 0.683. The third-order valence-corrected chi connectivity index (χ3v) is 4.01. The Morgan fingerprint density at radius 3 is 2.45 bits per heavy atom. The van der Waals surface area contributed by atoms with E-state index < -0.39 is 12.1 Å². The van der Waals surface area contributed by atoms with Crippen LogP contribution in [0.3, 0.4) is 0 Å². The van der Waals surface area contributed by atoms with Crippen LogP contribution in [-0.4, -0.2) is 54.5 Å². The molecule has 1 aromatic rings. The summed E-state index contributed by atoms with van der Waals surface area (Å²) in [5, 5.41) is 0. The van der Waals surface area contributed by atoms with Gasteiger partial charge >= 0.3 is 0 Å². The van der Waals surface area contributed by atoms with Crippen molar-refractivity contribution in [2.75, 3.05) is 26.7 Å². The zero-order valence-electron chi connectivity index (χ0n) is 13.1. The van der Waals surface area contributed by atoms with Crippen molar-refractivity contribution >= 4 is 11.8 Å². The normalized spacial score (nSPS) is 21.8. The second-order valence-electron chi connectivity index (χ2n) is 5.24. The van der Waals surface area contributed by atoms with Crippen LogP contribution in [0.4, 0.5) is 4.39 Å². The van der Waals surface area contributed by atoms with Gasteiger partial charge in [-0.05, 0) is 31.5 Å². The lowest BCUT2D eigenvalue weighted by Gasteiger charge is -2.40. The minimum Gasteiger partial charge on any atom is -0.356 e. The number of nitrogens with zero attached hydrogens (tertiary/aromatic N) is 2. The first-order valence-electron chi connectivity index (χ1n) is 7.41. The summed E-state index contributed by atoms with van der Waals surface area (Å²) in [4.78, 5) is 27.8. The Bertz CT molecular complexity index is 543. The molecule has 1 saturated heterocycles. The van der Waals surface area contributed by atoms with E-state index in [-0.39, 0.29) is 24.2 Å². The first-order chi connectivity index (χ1) is 10.5. The molecule has 0 aliphatic carbocycles. The predicted octanol–water partition coefficient (Wildman–Crippen LogP) is 1.59. The van der Waals surface area contributed by atoms with Crippen LogP contribution in [0.25, 0.3) is 0 Å². The third kappa shape index (κ3) is 3.11. The molecule has 1 aliphatic rings. The lowest BCUT2D eigenvalue weighted by molar-refractivity contribution is -0.167. The van der Waals surface area contributed by atoms with Crippen LogP contribution in [-0.2, 0) is 14.3 Å². The van der Waals surface area contributed by atoms with Crippen molar-refractivity contribution < 1.29 is 18.7 Å². The summed E-state index contributed by atoms with van der Waals surface area (Å²) < 4.78 is 18.7. The highest BCUT2D eigenvalue weighted by Gasteiger charge is 2.41. The first-order valence-corrected chi connectivity index (χ1v) is 7.41. The van der Waals surface area contributed by atoms with Crippen molar-refractivity contribution in [2.24, 2.45) is 0 Å². The largest absolute Gasteiger partial charge is 0.356 e. The van der Waals surface area contributed by atoms with Gasteiger partial charge in [-0.3, -0.25) is 9.59 Å². The molecule has 2 atom stereocenters. The first kappa shape index (κ1) is 16.4. The van der Waals surface area contributed by atoms with Gasteiger partial charge in [0.15, 0.2) is 6.10 Å². The number of likely N-dealkylation sites (N-methyl/N-ethyl adjacent to an activating group) is 2. The molecule has 5 nitrogen and oxygen atoms in total. The van der Waals surface area contributed by atoms with Crippen LogP contribution in [0, 0.1) is 5.82 Å². The smallest absolute Gasteiger partial charge is 0.254 e. The van der Waals surface area contributed by atoms with E-state index in [1.165, 1.54) is 17.0 Å². The number of benzene rings is 1. The number of carbonyl (C=O) groups excluding carboxylic acids is 2. The molecule has 2 rings (SSSR count). The molecule has 0 N–H and O–H groups in total. The molecule has 120 valence electrons. The van der Waals surface area contributed by atoms with Crippen molar-refractivity contribution in [3.05, 3.63) is 35.6 Å². The molecule has 0 aromatic heterocycles. The minimum absolute atomic E-state index is 0.119. The van der Waals surface area contributed by atoms with E-state index in [4.69, 9.17) is 4.74 Å². The number of ether oxygens (including phenoxy) is 1. The molecule has 1 fully saturated rings. The molecule has 2 unspecified atom stereocenters. The van der Waals surface area contributed by atoms with Gasteiger partial charge in [0, 0.05) is 20.1 Å². The highest BCUT2D eigenvalue weighted by atomic mass is 19.1. The maximum atomic E-state index is 13.1. The maximum absolute atomic E-state index is 13.1. The molecule has 22 heavy (non-hydrogen) atoms. The number of halogens is 1. The summed E-state index contributed by atoms with van der Waals surface area (Å²) in [6.07, 6.45) is -0.770. The monoisotopic (exact) mass is 308 g/mol. The Balaban J connectivity index is 2.35. The number of morpholine rings is 1. The van der Waals surface area contributed by atoms with Gasteiger partial charge < -0.3 is 14.5 Å². The number of hydrogen-bond acceptors (Lipinski definition) is 3.